The van der Waals surface area contributed by atoms with Gasteiger partial charge in [0.25, 0.3) is 0 Å². The quantitative estimate of drug-likeness (QED) is 0.757. The summed E-state index contributed by atoms with van der Waals surface area (Å²) in [5.74, 6) is 0.240. The average Bonchev–Trinajstić information content (AvgIpc) is 2.59. The summed E-state index contributed by atoms with van der Waals surface area (Å²) in [4.78, 5) is 13.0. The summed E-state index contributed by atoms with van der Waals surface area (Å²) in [7, 11) is 0. The highest BCUT2D eigenvalue weighted by atomic mass is 32.2. The molecule has 118 valence electrons. The van der Waals surface area contributed by atoms with E-state index in [1.165, 1.54) is 17.3 Å². The summed E-state index contributed by atoms with van der Waals surface area (Å²) < 4.78 is 0. The Morgan fingerprint density at radius 2 is 1.91 bits per heavy atom. The fourth-order valence-corrected chi connectivity index (χ4v) is 2.71. The molecule has 5 heteroatoms. The maximum atomic E-state index is 12.1. The van der Waals surface area contributed by atoms with Gasteiger partial charge in [0, 0.05) is 10.6 Å². The largest absolute Gasteiger partial charge is 0.376 e. The van der Waals surface area contributed by atoms with Crippen LogP contribution in [0.5, 0.6) is 0 Å². The number of nitriles is 1. The van der Waals surface area contributed by atoms with Crippen LogP contribution in [-0.2, 0) is 11.2 Å². The Morgan fingerprint density at radius 3 is 2.61 bits per heavy atom. The first-order valence-electron chi connectivity index (χ1n) is 7.44. The minimum atomic E-state index is -0.116. The van der Waals surface area contributed by atoms with Gasteiger partial charge in [-0.1, -0.05) is 31.2 Å². The van der Waals surface area contributed by atoms with Gasteiger partial charge in [0.05, 0.1) is 24.1 Å². The topological polar surface area (TPSA) is 64.9 Å². The van der Waals surface area contributed by atoms with Gasteiger partial charge in [0.2, 0.25) is 5.91 Å². The van der Waals surface area contributed by atoms with E-state index in [2.05, 4.69) is 23.6 Å². The number of amides is 1. The van der Waals surface area contributed by atoms with Crippen LogP contribution < -0.4 is 10.6 Å². The van der Waals surface area contributed by atoms with E-state index in [0.717, 1.165) is 22.7 Å². The molecular formula is C18H19N3OS. The minimum absolute atomic E-state index is 0.116. The third-order valence-electron chi connectivity index (χ3n) is 3.27. The Labute approximate surface area is 140 Å². The summed E-state index contributed by atoms with van der Waals surface area (Å²) >= 11 is 1.41. The summed E-state index contributed by atoms with van der Waals surface area (Å²) in [6, 6.07) is 17.6. The molecule has 0 bridgehead atoms. The molecule has 2 N–H and O–H groups in total. The molecule has 0 aliphatic heterocycles. The lowest BCUT2D eigenvalue weighted by atomic mass is 10.1. The number of thioether (sulfide) groups is 1. The number of aryl methyl sites for hydroxylation is 1. The molecule has 2 rings (SSSR count). The van der Waals surface area contributed by atoms with E-state index in [4.69, 9.17) is 5.26 Å². The van der Waals surface area contributed by atoms with Gasteiger partial charge in [0.1, 0.15) is 0 Å². The number of hydrogen-bond acceptors (Lipinski definition) is 4. The first-order chi connectivity index (χ1) is 11.2. The van der Waals surface area contributed by atoms with Crippen LogP contribution in [0.2, 0.25) is 0 Å². The van der Waals surface area contributed by atoms with E-state index < -0.39 is 0 Å². The van der Waals surface area contributed by atoms with Crippen molar-refractivity contribution >= 4 is 29.0 Å². The molecule has 0 spiro atoms. The highest BCUT2D eigenvalue weighted by Crippen LogP contribution is 2.26. The van der Waals surface area contributed by atoms with Gasteiger partial charge < -0.3 is 10.6 Å². The van der Waals surface area contributed by atoms with Crippen LogP contribution in [0, 0.1) is 11.3 Å². The van der Waals surface area contributed by atoms with Crippen molar-refractivity contribution in [2.24, 2.45) is 0 Å². The molecule has 0 unspecified atom stereocenters. The van der Waals surface area contributed by atoms with Gasteiger partial charge in [-0.15, -0.1) is 11.8 Å². The van der Waals surface area contributed by atoms with Crippen molar-refractivity contribution in [3.05, 3.63) is 54.1 Å². The van der Waals surface area contributed by atoms with Crippen LogP contribution in [0.3, 0.4) is 0 Å². The Balaban J connectivity index is 1.90. The zero-order valence-corrected chi connectivity index (χ0v) is 13.8. The smallest absolute Gasteiger partial charge is 0.243 e. The van der Waals surface area contributed by atoms with Crippen molar-refractivity contribution in [3.63, 3.8) is 0 Å². The lowest BCUT2D eigenvalue weighted by molar-refractivity contribution is -0.114. The molecule has 0 aliphatic carbocycles. The Bertz CT molecular complexity index is 692. The summed E-state index contributed by atoms with van der Waals surface area (Å²) in [6.45, 7) is 2.31. The van der Waals surface area contributed by atoms with Gasteiger partial charge in [-0.25, -0.2) is 0 Å². The van der Waals surface area contributed by atoms with Gasteiger partial charge in [-0.05, 0) is 36.2 Å². The third kappa shape index (κ3) is 5.35. The maximum Gasteiger partial charge on any atom is 0.243 e. The van der Waals surface area contributed by atoms with Crippen LogP contribution in [0.15, 0.2) is 53.4 Å². The molecule has 0 aromatic heterocycles. The monoisotopic (exact) mass is 325 g/mol. The van der Waals surface area contributed by atoms with Crippen molar-refractivity contribution < 1.29 is 4.79 Å². The lowest BCUT2D eigenvalue weighted by Crippen LogP contribution is -2.22. The number of nitrogens with one attached hydrogen (secondary N) is 2. The zero-order chi connectivity index (χ0) is 16.5. The number of nitrogens with zero attached hydrogens (tertiary/aromatic N) is 1. The first kappa shape index (κ1) is 16.9. The second kappa shape index (κ2) is 8.86. The van der Waals surface area contributed by atoms with E-state index in [1.54, 1.807) is 0 Å². The molecule has 0 fully saturated rings. The number of hydrogen-bond donors (Lipinski definition) is 2. The van der Waals surface area contributed by atoms with Crippen molar-refractivity contribution in [2.45, 2.75) is 18.2 Å². The molecule has 0 aliphatic rings. The van der Waals surface area contributed by atoms with E-state index >= 15 is 0 Å². The Hall–Kier alpha value is -2.45. The van der Waals surface area contributed by atoms with Gasteiger partial charge >= 0.3 is 0 Å². The summed E-state index contributed by atoms with van der Waals surface area (Å²) in [5, 5.41) is 14.7. The number of benzene rings is 2. The Morgan fingerprint density at radius 1 is 1.17 bits per heavy atom. The Kier molecular flexibility index (Phi) is 6.52. The first-order valence-corrected chi connectivity index (χ1v) is 8.43. The summed E-state index contributed by atoms with van der Waals surface area (Å²) in [5.41, 5.74) is 2.92. The average molecular weight is 325 g/mol. The molecule has 4 nitrogen and oxygen atoms in total. The molecule has 0 heterocycles. The van der Waals surface area contributed by atoms with Gasteiger partial charge in [-0.2, -0.15) is 5.26 Å². The predicted octanol–water partition coefficient (Wildman–Crippen LogP) is 3.92. The molecule has 2 aromatic rings. The number of rotatable bonds is 7. The van der Waals surface area contributed by atoms with Crippen LogP contribution in [0.1, 0.15) is 12.5 Å². The van der Waals surface area contributed by atoms with E-state index in [0.29, 0.717) is 5.75 Å². The van der Waals surface area contributed by atoms with Crippen LogP contribution in [0.4, 0.5) is 11.4 Å². The number of carbonyl (C=O) groups excluding carboxylic acids is 1. The predicted molar refractivity (Wildman–Crippen MR) is 95.7 cm³/mol. The molecule has 0 atom stereocenters. The normalized spacial score (nSPS) is 9.91. The lowest BCUT2D eigenvalue weighted by Gasteiger charge is -2.11. The second-order valence-corrected chi connectivity index (χ2v) is 5.91. The standard InChI is InChI=1S/C18H19N3OS/c1-2-14-7-9-15(10-8-14)20-13-18(22)21-16-5-3-4-6-17(16)23-12-11-19/h3-10,20H,2,12-13H2,1H3,(H,21,22). The van der Waals surface area contributed by atoms with Crippen LogP contribution in [0.25, 0.3) is 0 Å². The number of anilines is 2. The second-order valence-electron chi connectivity index (χ2n) is 4.90. The van der Waals surface area contributed by atoms with Crippen molar-refractivity contribution in [1.82, 2.24) is 0 Å². The van der Waals surface area contributed by atoms with Gasteiger partial charge in [0.15, 0.2) is 0 Å². The molecule has 23 heavy (non-hydrogen) atoms. The van der Waals surface area contributed by atoms with E-state index in [1.807, 2.05) is 48.5 Å². The van der Waals surface area contributed by atoms with Crippen molar-refractivity contribution in [1.29, 1.82) is 5.26 Å². The van der Waals surface area contributed by atoms with E-state index in [-0.39, 0.29) is 12.5 Å². The summed E-state index contributed by atoms with van der Waals surface area (Å²) in [6.07, 6.45) is 0.998. The molecule has 1 amide bonds. The molecule has 0 radical (unpaired) electrons. The highest BCUT2D eigenvalue weighted by Gasteiger charge is 2.07. The highest BCUT2D eigenvalue weighted by molar-refractivity contribution is 7.99. The molecule has 0 saturated carbocycles. The fourth-order valence-electron chi connectivity index (χ4n) is 2.04. The van der Waals surface area contributed by atoms with Crippen LogP contribution >= 0.6 is 11.8 Å². The maximum absolute atomic E-state index is 12.1. The number of carbonyl (C=O) groups is 1. The zero-order valence-electron chi connectivity index (χ0n) is 13.0. The van der Waals surface area contributed by atoms with Gasteiger partial charge in [-0.3, -0.25) is 4.79 Å². The van der Waals surface area contributed by atoms with Crippen LogP contribution in [-0.4, -0.2) is 18.2 Å². The number of para-hydroxylation sites is 1. The molecule has 2 aromatic carbocycles. The molecule has 0 saturated heterocycles. The minimum Gasteiger partial charge on any atom is -0.376 e. The van der Waals surface area contributed by atoms with Crippen molar-refractivity contribution in [3.8, 4) is 6.07 Å². The third-order valence-corrected chi connectivity index (χ3v) is 4.21. The van der Waals surface area contributed by atoms with Crippen molar-refractivity contribution in [2.75, 3.05) is 22.9 Å². The fraction of sp³-hybridized carbons (Fsp3) is 0.222. The van der Waals surface area contributed by atoms with E-state index in [9.17, 15) is 4.79 Å². The molecular weight excluding hydrogens is 306 g/mol. The SMILES string of the molecule is CCc1ccc(NCC(=O)Nc2ccccc2SCC#N)cc1.